The molecule has 2 rings (SSSR count). The number of ether oxygens (including phenoxy) is 2. The molecule has 244 valence electrons. The molecular formula is C35H62O7. The summed E-state index contributed by atoms with van der Waals surface area (Å²) in [5, 5.41) is 31.3. The van der Waals surface area contributed by atoms with Crippen molar-refractivity contribution in [3.05, 3.63) is 11.6 Å². The van der Waals surface area contributed by atoms with Crippen molar-refractivity contribution in [2.24, 2.45) is 0 Å². The maximum Gasteiger partial charge on any atom is 0.334 e. The van der Waals surface area contributed by atoms with Gasteiger partial charge in [0.05, 0.1) is 30.5 Å². The average molecular weight is 595 g/mol. The molecule has 0 aromatic heterocycles. The molecule has 2 heterocycles. The second-order valence-corrected chi connectivity index (χ2v) is 12.9. The Hall–Kier alpha value is -1.28. The second kappa shape index (κ2) is 22.3. The average Bonchev–Trinajstić information content (AvgIpc) is 3.58. The first-order chi connectivity index (χ1) is 20.3. The summed E-state index contributed by atoms with van der Waals surface area (Å²) in [4.78, 5) is 23.9. The first-order valence-electron chi connectivity index (χ1n) is 17.4. The Morgan fingerprint density at radius 3 is 1.79 bits per heavy atom. The van der Waals surface area contributed by atoms with Crippen LogP contribution in [0.15, 0.2) is 11.6 Å². The summed E-state index contributed by atoms with van der Waals surface area (Å²) < 4.78 is 11.1. The second-order valence-electron chi connectivity index (χ2n) is 12.9. The number of unbranched alkanes of at least 4 members (excludes halogenated alkanes) is 12. The summed E-state index contributed by atoms with van der Waals surface area (Å²) in [7, 11) is 0. The Balaban J connectivity index is 1.41. The molecule has 1 saturated heterocycles. The van der Waals surface area contributed by atoms with E-state index in [0.29, 0.717) is 37.7 Å². The van der Waals surface area contributed by atoms with Crippen LogP contribution in [0.5, 0.6) is 0 Å². The van der Waals surface area contributed by atoms with Gasteiger partial charge in [0.2, 0.25) is 0 Å². The van der Waals surface area contributed by atoms with E-state index < -0.39 is 18.3 Å². The molecule has 0 radical (unpaired) electrons. The van der Waals surface area contributed by atoms with Crippen molar-refractivity contribution in [3.63, 3.8) is 0 Å². The molecule has 0 saturated carbocycles. The van der Waals surface area contributed by atoms with Crippen molar-refractivity contribution in [2.45, 2.75) is 198 Å². The van der Waals surface area contributed by atoms with Crippen molar-refractivity contribution < 1.29 is 34.4 Å². The van der Waals surface area contributed by atoms with E-state index in [9.17, 15) is 24.9 Å². The van der Waals surface area contributed by atoms with E-state index in [4.69, 9.17) is 9.47 Å². The van der Waals surface area contributed by atoms with Crippen LogP contribution in [-0.4, -0.2) is 63.7 Å². The van der Waals surface area contributed by atoms with Gasteiger partial charge < -0.3 is 24.8 Å². The van der Waals surface area contributed by atoms with Crippen LogP contribution < -0.4 is 0 Å². The molecule has 0 aliphatic carbocycles. The number of hydrogen-bond donors (Lipinski definition) is 3. The predicted octanol–water partition coefficient (Wildman–Crippen LogP) is 7.27. The number of ketones is 1. The van der Waals surface area contributed by atoms with Gasteiger partial charge in [0, 0.05) is 24.8 Å². The molecule has 2 aliphatic heterocycles. The molecule has 1 fully saturated rings. The van der Waals surface area contributed by atoms with Crippen molar-refractivity contribution in [2.75, 3.05) is 0 Å². The van der Waals surface area contributed by atoms with Crippen molar-refractivity contribution in [1.29, 1.82) is 0 Å². The fourth-order valence-corrected chi connectivity index (χ4v) is 6.28. The van der Waals surface area contributed by atoms with Crippen LogP contribution in [0.1, 0.15) is 162 Å². The number of rotatable bonds is 26. The van der Waals surface area contributed by atoms with Crippen LogP contribution in [0, 0.1) is 0 Å². The molecule has 0 aromatic carbocycles. The third-order valence-electron chi connectivity index (χ3n) is 8.94. The highest BCUT2D eigenvalue weighted by Crippen LogP contribution is 2.28. The van der Waals surface area contributed by atoms with Crippen LogP contribution in [0.2, 0.25) is 0 Å². The highest BCUT2D eigenvalue weighted by molar-refractivity contribution is 5.90. The lowest BCUT2D eigenvalue weighted by Crippen LogP contribution is -2.31. The van der Waals surface area contributed by atoms with Gasteiger partial charge in [-0.15, -0.1) is 0 Å². The Labute approximate surface area is 255 Å². The highest BCUT2D eigenvalue weighted by atomic mass is 16.5. The Bertz CT molecular complexity index is 766. The van der Waals surface area contributed by atoms with E-state index in [1.165, 1.54) is 57.8 Å². The van der Waals surface area contributed by atoms with Gasteiger partial charge in [0.15, 0.2) is 0 Å². The van der Waals surface area contributed by atoms with Gasteiger partial charge in [0.25, 0.3) is 0 Å². The molecule has 3 N–H and O–H groups in total. The van der Waals surface area contributed by atoms with E-state index in [1.54, 1.807) is 6.08 Å². The fraction of sp³-hybridized carbons (Fsp3) is 0.886. The summed E-state index contributed by atoms with van der Waals surface area (Å²) >= 11 is 0. The van der Waals surface area contributed by atoms with Crippen molar-refractivity contribution in [3.8, 4) is 0 Å². The summed E-state index contributed by atoms with van der Waals surface area (Å²) in [6.45, 7) is 4.06. The number of esters is 1. The largest absolute Gasteiger partial charge is 0.455 e. The summed E-state index contributed by atoms with van der Waals surface area (Å²) in [6, 6.07) is 0. The molecular weight excluding hydrogens is 532 g/mol. The number of carbonyl (C=O) groups excluding carboxylic acids is 2. The van der Waals surface area contributed by atoms with Crippen molar-refractivity contribution >= 4 is 11.8 Å². The minimum Gasteiger partial charge on any atom is -0.455 e. The fourth-order valence-electron chi connectivity index (χ4n) is 6.28. The molecule has 0 unspecified atom stereocenters. The SMILES string of the molecule is CCCCCCCCCCCC[C@@H](O)[C@H]1CC[C@H]([C@H](O)CCCCC(=O)CCCCC[C@@H](O)CC2=C[C@@H](C)OC2=O)O1. The van der Waals surface area contributed by atoms with Gasteiger partial charge in [-0.2, -0.15) is 0 Å². The molecule has 42 heavy (non-hydrogen) atoms. The number of aliphatic hydroxyl groups is 3. The van der Waals surface area contributed by atoms with Gasteiger partial charge in [-0.25, -0.2) is 4.79 Å². The maximum atomic E-state index is 12.2. The van der Waals surface area contributed by atoms with E-state index in [2.05, 4.69) is 6.92 Å². The topological polar surface area (TPSA) is 113 Å². The van der Waals surface area contributed by atoms with E-state index in [1.807, 2.05) is 6.92 Å². The summed E-state index contributed by atoms with van der Waals surface area (Å²) in [6.07, 6.45) is 21.6. The van der Waals surface area contributed by atoms with E-state index in [0.717, 1.165) is 57.8 Å². The Kier molecular flexibility index (Phi) is 19.6. The number of hydrogen-bond acceptors (Lipinski definition) is 7. The highest BCUT2D eigenvalue weighted by Gasteiger charge is 2.34. The van der Waals surface area contributed by atoms with Crippen LogP contribution in [0.25, 0.3) is 0 Å². The molecule has 7 heteroatoms. The monoisotopic (exact) mass is 594 g/mol. The van der Waals surface area contributed by atoms with Gasteiger partial charge in [-0.1, -0.05) is 90.4 Å². The third-order valence-corrected chi connectivity index (χ3v) is 8.94. The molecule has 0 bridgehead atoms. The molecule has 2 aliphatic rings. The Morgan fingerprint density at radius 1 is 0.762 bits per heavy atom. The van der Waals surface area contributed by atoms with Gasteiger partial charge in [0.1, 0.15) is 11.9 Å². The smallest absolute Gasteiger partial charge is 0.334 e. The van der Waals surface area contributed by atoms with Gasteiger partial charge >= 0.3 is 5.97 Å². The van der Waals surface area contributed by atoms with Crippen molar-refractivity contribution in [1.82, 2.24) is 0 Å². The quantitative estimate of drug-likeness (QED) is 0.0713. The van der Waals surface area contributed by atoms with E-state index >= 15 is 0 Å². The maximum absolute atomic E-state index is 12.2. The number of carbonyl (C=O) groups is 2. The van der Waals surface area contributed by atoms with E-state index in [-0.39, 0.29) is 30.1 Å². The van der Waals surface area contributed by atoms with Crippen LogP contribution in [0.3, 0.4) is 0 Å². The first-order valence-corrected chi connectivity index (χ1v) is 17.4. The minimum atomic E-state index is -0.553. The molecule has 6 atom stereocenters. The zero-order valence-electron chi connectivity index (χ0n) is 26.8. The zero-order valence-corrected chi connectivity index (χ0v) is 26.8. The predicted molar refractivity (Wildman–Crippen MR) is 167 cm³/mol. The summed E-state index contributed by atoms with van der Waals surface area (Å²) in [5.41, 5.74) is 0.562. The van der Waals surface area contributed by atoms with Crippen LogP contribution in [-0.2, 0) is 19.1 Å². The summed E-state index contributed by atoms with van der Waals surface area (Å²) in [5.74, 6) is -0.0709. The lowest BCUT2D eigenvalue weighted by atomic mass is 9.99. The lowest BCUT2D eigenvalue weighted by molar-refractivity contribution is -0.139. The normalized spacial score (nSPS) is 22.6. The van der Waals surface area contributed by atoms with Crippen LogP contribution >= 0.6 is 0 Å². The number of aliphatic hydroxyl groups excluding tert-OH is 3. The van der Waals surface area contributed by atoms with Gasteiger partial charge in [-0.3, -0.25) is 4.79 Å². The standard InChI is InChI=1S/C35H62O7/c1-3-4-5-6-7-8-9-10-11-15-21-31(38)33-23-24-34(42-33)32(39)22-17-16-19-29(36)18-13-12-14-20-30(37)26-28-25-27(2)41-35(28)40/h25,27,30-34,37-39H,3-24,26H2,1-2H3/t27-,30-,31-,32-,33-,34-/m1/s1. The molecule has 0 aromatic rings. The van der Waals surface area contributed by atoms with Gasteiger partial charge in [-0.05, 0) is 57.9 Å². The molecule has 7 nitrogen and oxygen atoms in total. The molecule has 0 spiro atoms. The first kappa shape index (κ1) is 36.9. The number of Topliss-reactive ketones (excluding diaryl/α,β-unsaturated/α-hetero) is 1. The number of cyclic esters (lactones) is 1. The Morgan fingerprint density at radius 2 is 1.24 bits per heavy atom. The lowest BCUT2D eigenvalue weighted by Gasteiger charge is -2.22. The molecule has 0 amide bonds. The minimum absolute atomic E-state index is 0.161. The zero-order chi connectivity index (χ0) is 30.6. The van der Waals surface area contributed by atoms with Crippen LogP contribution in [0.4, 0.5) is 0 Å². The third kappa shape index (κ3) is 16.0.